The van der Waals surface area contributed by atoms with Gasteiger partial charge in [0.1, 0.15) is 12.4 Å². The normalized spacial score (nSPS) is 11.6. The second kappa shape index (κ2) is 12.2. The average molecular weight is 581 g/mol. The molecule has 0 bridgehead atoms. The lowest BCUT2D eigenvalue weighted by atomic mass is 10.1. The van der Waals surface area contributed by atoms with E-state index in [4.69, 9.17) is 14.8 Å². The molecule has 2 aromatic rings. The summed E-state index contributed by atoms with van der Waals surface area (Å²) in [6.45, 7) is 2.52. The van der Waals surface area contributed by atoms with E-state index in [0.29, 0.717) is 3.57 Å². The zero-order valence-corrected chi connectivity index (χ0v) is 20.0. The number of oxime groups is 1. The van der Waals surface area contributed by atoms with E-state index in [1.165, 1.54) is 18.2 Å². The second-order valence-electron chi connectivity index (χ2n) is 7.40. The van der Waals surface area contributed by atoms with Crippen molar-refractivity contribution in [3.63, 3.8) is 0 Å². The molecule has 0 saturated carbocycles. The summed E-state index contributed by atoms with van der Waals surface area (Å²) in [5.41, 5.74) is -0.651. The lowest BCUT2D eigenvalue weighted by Crippen LogP contribution is -2.26. The molecule has 180 valence electrons. The fourth-order valence-corrected chi connectivity index (χ4v) is 2.88. The summed E-state index contributed by atoms with van der Waals surface area (Å²) in [5.74, 6) is -4.53. The fourth-order valence-electron chi connectivity index (χ4n) is 2.43. The van der Waals surface area contributed by atoms with E-state index in [2.05, 4.69) is 10.5 Å². The van der Waals surface area contributed by atoms with Crippen LogP contribution >= 0.6 is 22.6 Å². The summed E-state index contributed by atoms with van der Waals surface area (Å²) in [5, 5.41) is 24.4. The molecule has 33 heavy (non-hydrogen) atoms. The third-order valence-electron chi connectivity index (χ3n) is 4.10. The molecular weight excluding hydrogens is 558 g/mol. The van der Waals surface area contributed by atoms with Gasteiger partial charge < -0.3 is 20.4 Å². The van der Waals surface area contributed by atoms with E-state index in [9.17, 15) is 23.1 Å². The number of nitrogens with zero attached hydrogens (tertiary/aromatic N) is 1. The Morgan fingerprint density at radius 2 is 1.94 bits per heavy atom. The lowest BCUT2D eigenvalue weighted by Gasteiger charge is -2.16. The summed E-state index contributed by atoms with van der Waals surface area (Å²) in [6, 6.07) is 5.00. The number of rotatable bonds is 11. The van der Waals surface area contributed by atoms with Crippen molar-refractivity contribution in [1.82, 2.24) is 5.48 Å². The summed E-state index contributed by atoms with van der Waals surface area (Å²) in [6.07, 6.45) is 1.10. The van der Waals surface area contributed by atoms with Crippen LogP contribution in [0.1, 0.15) is 36.2 Å². The van der Waals surface area contributed by atoms with Gasteiger partial charge in [0.05, 0.1) is 42.0 Å². The van der Waals surface area contributed by atoms with Gasteiger partial charge in [-0.25, -0.2) is 18.7 Å². The number of nitrogens with one attached hydrogen (secondary N) is 2. The maximum Gasteiger partial charge on any atom is 0.277 e. The number of amides is 1. The Balaban J connectivity index is 2.38. The molecule has 2 aromatic carbocycles. The molecule has 0 aliphatic rings. The molecule has 0 aliphatic carbocycles. The van der Waals surface area contributed by atoms with Crippen LogP contribution in [0.3, 0.4) is 0 Å². The van der Waals surface area contributed by atoms with Gasteiger partial charge >= 0.3 is 0 Å². The molecule has 0 heterocycles. The molecular formula is C21H23F3IN3O5. The number of halogens is 4. The highest BCUT2D eigenvalue weighted by Crippen LogP contribution is 2.30. The molecule has 2 rings (SSSR count). The maximum atomic E-state index is 14.9. The number of carbonyl (C=O) groups is 1. The van der Waals surface area contributed by atoms with Gasteiger partial charge in [0.25, 0.3) is 5.91 Å². The van der Waals surface area contributed by atoms with E-state index < -0.39 is 52.4 Å². The predicted octanol–water partition coefficient (Wildman–Crippen LogP) is 3.62. The SMILES string of the molecule is CC(C)(O)CCON=Cc1cc(C(=O)NOCCO)c(Nc2ccc(I)cc2F)c(F)c1F. The van der Waals surface area contributed by atoms with Gasteiger partial charge in [-0.3, -0.25) is 9.63 Å². The zero-order chi connectivity index (χ0) is 24.6. The zero-order valence-electron chi connectivity index (χ0n) is 17.8. The Hall–Kier alpha value is -2.42. The van der Waals surface area contributed by atoms with E-state index in [0.717, 1.165) is 12.3 Å². The number of anilines is 2. The highest BCUT2D eigenvalue weighted by Gasteiger charge is 2.23. The Labute approximate surface area is 201 Å². The summed E-state index contributed by atoms with van der Waals surface area (Å²) in [4.78, 5) is 22.2. The molecule has 0 fully saturated rings. The second-order valence-corrected chi connectivity index (χ2v) is 8.64. The monoisotopic (exact) mass is 581 g/mol. The van der Waals surface area contributed by atoms with Crippen LogP contribution in [-0.2, 0) is 9.68 Å². The van der Waals surface area contributed by atoms with Crippen LogP contribution in [0.25, 0.3) is 0 Å². The molecule has 0 aliphatic heterocycles. The van der Waals surface area contributed by atoms with Gasteiger partial charge in [0.2, 0.25) is 0 Å². The minimum atomic E-state index is -1.46. The van der Waals surface area contributed by atoms with Crippen LogP contribution in [0.5, 0.6) is 0 Å². The third kappa shape index (κ3) is 8.14. The molecule has 0 spiro atoms. The van der Waals surface area contributed by atoms with Crippen LogP contribution in [0.4, 0.5) is 24.5 Å². The van der Waals surface area contributed by atoms with Crippen molar-refractivity contribution in [3.8, 4) is 0 Å². The first-order valence-corrected chi connectivity index (χ1v) is 10.8. The van der Waals surface area contributed by atoms with Gasteiger partial charge in [-0.05, 0) is 60.7 Å². The lowest BCUT2D eigenvalue weighted by molar-refractivity contribution is 0.0168. The highest BCUT2D eigenvalue weighted by atomic mass is 127. The van der Waals surface area contributed by atoms with Crippen LogP contribution in [0, 0.1) is 21.0 Å². The standard InChI is InChI=1S/C21H23F3IN3O5/c1-21(2,31)5-7-32-26-11-12-9-14(20(30)28-33-8-6-29)19(18(24)17(12)23)27-16-4-3-13(25)10-15(16)22/h3-4,9-11,27,29,31H,5-8H2,1-2H3,(H,28,30). The number of aliphatic hydroxyl groups is 2. The van der Waals surface area contributed by atoms with Gasteiger partial charge in [0.15, 0.2) is 11.6 Å². The van der Waals surface area contributed by atoms with Crippen molar-refractivity contribution in [2.24, 2.45) is 5.16 Å². The predicted molar refractivity (Wildman–Crippen MR) is 124 cm³/mol. The molecule has 0 unspecified atom stereocenters. The number of benzene rings is 2. The Morgan fingerprint density at radius 1 is 1.21 bits per heavy atom. The van der Waals surface area contributed by atoms with Crippen LogP contribution < -0.4 is 10.8 Å². The molecule has 0 radical (unpaired) electrons. The van der Waals surface area contributed by atoms with Gasteiger partial charge in [-0.1, -0.05) is 5.16 Å². The van der Waals surface area contributed by atoms with E-state index in [1.807, 2.05) is 28.1 Å². The van der Waals surface area contributed by atoms with E-state index >= 15 is 0 Å². The molecule has 0 aromatic heterocycles. The summed E-state index contributed by atoms with van der Waals surface area (Å²) >= 11 is 1.89. The topological polar surface area (TPSA) is 112 Å². The largest absolute Gasteiger partial charge is 0.396 e. The molecule has 8 nitrogen and oxygen atoms in total. The Kier molecular flexibility index (Phi) is 9.88. The summed E-state index contributed by atoms with van der Waals surface area (Å²) < 4.78 is 44.5. The first kappa shape index (κ1) is 26.8. The molecule has 0 saturated heterocycles. The Morgan fingerprint density at radius 3 is 2.58 bits per heavy atom. The number of carbonyl (C=O) groups excluding carboxylic acids is 1. The average Bonchev–Trinajstić information content (AvgIpc) is 2.73. The minimum absolute atomic E-state index is 0.0121. The molecule has 0 atom stereocenters. The van der Waals surface area contributed by atoms with E-state index in [-0.39, 0.29) is 25.3 Å². The number of hydrogen-bond acceptors (Lipinski definition) is 7. The number of aliphatic hydroxyl groups excluding tert-OH is 1. The van der Waals surface area contributed by atoms with Crippen molar-refractivity contribution in [2.75, 3.05) is 25.1 Å². The van der Waals surface area contributed by atoms with E-state index in [1.54, 1.807) is 13.8 Å². The molecule has 1 amide bonds. The number of hydrogen-bond donors (Lipinski definition) is 4. The van der Waals surface area contributed by atoms with Gasteiger partial charge in [-0.15, -0.1) is 0 Å². The quantitative estimate of drug-likeness (QED) is 0.140. The maximum absolute atomic E-state index is 14.9. The van der Waals surface area contributed by atoms with Crippen molar-refractivity contribution in [1.29, 1.82) is 0 Å². The highest BCUT2D eigenvalue weighted by molar-refractivity contribution is 14.1. The molecule has 12 heteroatoms. The first-order chi connectivity index (χ1) is 15.5. The third-order valence-corrected chi connectivity index (χ3v) is 4.77. The van der Waals surface area contributed by atoms with Crippen molar-refractivity contribution in [2.45, 2.75) is 25.9 Å². The van der Waals surface area contributed by atoms with Crippen LogP contribution in [0.2, 0.25) is 0 Å². The Bertz CT molecular complexity index is 1020. The number of hydroxylamine groups is 1. The summed E-state index contributed by atoms with van der Waals surface area (Å²) in [7, 11) is 0. The van der Waals surface area contributed by atoms with Crippen molar-refractivity contribution >= 4 is 46.1 Å². The van der Waals surface area contributed by atoms with Crippen LogP contribution in [-0.4, -0.2) is 47.8 Å². The van der Waals surface area contributed by atoms with Gasteiger partial charge in [0, 0.05) is 15.6 Å². The van der Waals surface area contributed by atoms with Gasteiger partial charge in [-0.2, -0.15) is 0 Å². The first-order valence-electron chi connectivity index (χ1n) is 9.68. The van der Waals surface area contributed by atoms with Crippen molar-refractivity contribution in [3.05, 3.63) is 56.4 Å². The van der Waals surface area contributed by atoms with Crippen LogP contribution in [0.15, 0.2) is 29.4 Å². The van der Waals surface area contributed by atoms with Crippen molar-refractivity contribution < 1.29 is 37.9 Å². The minimum Gasteiger partial charge on any atom is -0.396 e. The fraction of sp³-hybridized carbons (Fsp3) is 0.333. The smallest absolute Gasteiger partial charge is 0.277 e. The molecule has 4 N–H and O–H groups in total.